The highest BCUT2D eigenvalue weighted by atomic mass is 16.6. The Bertz CT molecular complexity index is 573. The van der Waals surface area contributed by atoms with Crippen molar-refractivity contribution in [3.63, 3.8) is 0 Å². The van der Waals surface area contributed by atoms with Crippen molar-refractivity contribution in [2.24, 2.45) is 5.41 Å². The standard InChI is InChI=1S/C14H19BN2O2/c1-13(2)9-18-15(19-14(13,3)4)11-8-10-6-5-7-16-12(10)17-11/h5-8H,9H2,1-4H3,(H,16,17). The number of nitrogens with one attached hydrogen (secondary N) is 1. The Hall–Kier alpha value is -1.33. The lowest BCUT2D eigenvalue weighted by molar-refractivity contribution is -0.0939. The Kier molecular flexibility index (Phi) is 2.73. The average Bonchev–Trinajstić information content (AvgIpc) is 2.76. The van der Waals surface area contributed by atoms with E-state index in [1.54, 1.807) is 6.20 Å². The van der Waals surface area contributed by atoms with Crippen LogP contribution in [0.3, 0.4) is 0 Å². The van der Waals surface area contributed by atoms with Gasteiger partial charge >= 0.3 is 7.12 Å². The zero-order chi connectivity index (χ0) is 13.7. The summed E-state index contributed by atoms with van der Waals surface area (Å²) in [6, 6.07) is 6.00. The number of hydrogen-bond donors (Lipinski definition) is 1. The fourth-order valence-electron chi connectivity index (χ4n) is 2.18. The summed E-state index contributed by atoms with van der Waals surface area (Å²) in [5.74, 6) is 0. The number of fused-ring (bicyclic) bond motifs is 1. The number of rotatable bonds is 1. The van der Waals surface area contributed by atoms with Crippen LogP contribution >= 0.6 is 0 Å². The molecule has 1 saturated heterocycles. The van der Waals surface area contributed by atoms with E-state index in [1.807, 2.05) is 18.2 Å². The van der Waals surface area contributed by atoms with Crippen molar-refractivity contribution in [3.8, 4) is 0 Å². The van der Waals surface area contributed by atoms with Crippen molar-refractivity contribution in [1.29, 1.82) is 0 Å². The topological polar surface area (TPSA) is 47.1 Å². The van der Waals surface area contributed by atoms with Gasteiger partial charge in [-0.05, 0) is 32.0 Å². The summed E-state index contributed by atoms with van der Waals surface area (Å²) >= 11 is 0. The molecular weight excluding hydrogens is 239 g/mol. The van der Waals surface area contributed by atoms with Crippen LogP contribution in [0.25, 0.3) is 11.0 Å². The smallest absolute Gasteiger partial charge is 0.406 e. The van der Waals surface area contributed by atoms with Crippen LogP contribution in [-0.2, 0) is 9.31 Å². The molecule has 0 saturated carbocycles. The normalized spacial score (nSPS) is 21.8. The quantitative estimate of drug-likeness (QED) is 0.797. The van der Waals surface area contributed by atoms with Gasteiger partial charge in [0, 0.05) is 29.2 Å². The van der Waals surface area contributed by atoms with Gasteiger partial charge < -0.3 is 14.3 Å². The van der Waals surface area contributed by atoms with Crippen LogP contribution in [0.4, 0.5) is 0 Å². The van der Waals surface area contributed by atoms with Crippen LogP contribution in [0, 0.1) is 5.41 Å². The summed E-state index contributed by atoms with van der Waals surface area (Å²) in [6.07, 6.45) is 1.78. The predicted octanol–water partition coefficient (Wildman–Crippen LogP) is 2.11. The molecule has 1 N–H and O–H groups in total. The predicted molar refractivity (Wildman–Crippen MR) is 76.4 cm³/mol. The van der Waals surface area contributed by atoms with Crippen LogP contribution in [0.5, 0.6) is 0 Å². The summed E-state index contributed by atoms with van der Waals surface area (Å²) in [4.78, 5) is 7.56. The zero-order valence-electron chi connectivity index (χ0n) is 11.9. The fraction of sp³-hybridized carbons (Fsp3) is 0.500. The first-order chi connectivity index (χ1) is 8.89. The minimum Gasteiger partial charge on any atom is -0.406 e. The summed E-state index contributed by atoms with van der Waals surface area (Å²) < 4.78 is 12.0. The van der Waals surface area contributed by atoms with Crippen LogP contribution in [-0.4, -0.2) is 29.3 Å². The molecule has 0 aromatic carbocycles. The minimum atomic E-state index is -0.350. The van der Waals surface area contributed by atoms with Gasteiger partial charge in [-0.2, -0.15) is 0 Å². The van der Waals surface area contributed by atoms with E-state index in [0.29, 0.717) is 6.61 Å². The number of pyridine rings is 1. The van der Waals surface area contributed by atoms with Gasteiger partial charge in [-0.25, -0.2) is 4.98 Å². The number of nitrogens with zero attached hydrogens (tertiary/aromatic N) is 1. The number of aromatic nitrogens is 2. The first-order valence-corrected chi connectivity index (χ1v) is 6.62. The molecule has 0 aliphatic carbocycles. The van der Waals surface area contributed by atoms with E-state index in [9.17, 15) is 0 Å². The third kappa shape index (κ3) is 2.07. The van der Waals surface area contributed by atoms with E-state index in [2.05, 4.69) is 37.7 Å². The number of H-pyrrole nitrogens is 1. The molecule has 0 amide bonds. The summed E-state index contributed by atoms with van der Waals surface area (Å²) in [6.45, 7) is 9.23. The summed E-state index contributed by atoms with van der Waals surface area (Å²) in [5.41, 5.74) is 1.55. The van der Waals surface area contributed by atoms with E-state index >= 15 is 0 Å². The highest BCUT2D eigenvalue weighted by Crippen LogP contribution is 2.38. The molecule has 2 aromatic heterocycles. The second-order valence-electron chi connectivity index (χ2n) is 6.32. The Morgan fingerprint density at radius 1 is 1.32 bits per heavy atom. The first kappa shape index (κ1) is 12.7. The lowest BCUT2D eigenvalue weighted by Crippen LogP contribution is -2.58. The maximum Gasteiger partial charge on any atom is 0.511 e. The molecule has 100 valence electrons. The zero-order valence-corrected chi connectivity index (χ0v) is 11.9. The van der Waals surface area contributed by atoms with E-state index < -0.39 is 0 Å². The summed E-state index contributed by atoms with van der Waals surface area (Å²) in [7, 11) is -0.350. The first-order valence-electron chi connectivity index (χ1n) is 6.62. The number of aromatic amines is 1. The SMILES string of the molecule is CC1(C)COB(c2cc3cccnc3[nH]2)OC1(C)C. The van der Waals surface area contributed by atoms with Gasteiger partial charge in [0.1, 0.15) is 5.65 Å². The van der Waals surface area contributed by atoms with Crippen molar-refractivity contribution in [2.45, 2.75) is 33.3 Å². The van der Waals surface area contributed by atoms with E-state index in [1.165, 1.54) is 0 Å². The Morgan fingerprint density at radius 2 is 2.11 bits per heavy atom. The molecule has 4 nitrogen and oxygen atoms in total. The van der Waals surface area contributed by atoms with Crippen LogP contribution in [0.15, 0.2) is 24.4 Å². The molecule has 0 spiro atoms. The molecular formula is C14H19BN2O2. The second kappa shape index (κ2) is 4.08. The average molecular weight is 258 g/mol. The van der Waals surface area contributed by atoms with Crippen molar-refractivity contribution in [1.82, 2.24) is 9.97 Å². The van der Waals surface area contributed by atoms with Gasteiger partial charge in [0.05, 0.1) is 5.60 Å². The number of hydrogen-bond acceptors (Lipinski definition) is 3. The summed E-state index contributed by atoms with van der Waals surface area (Å²) in [5, 5.41) is 1.08. The minimum absolute atomic E-state index is 0.00619. The lowest BCUT2D eigenvalue weighted by atomic mass is 9.71. The fourth-order valence-corrected chi connectivity index (χ4v) is 2.18. The third-order valence-electron chi connectivity index (χ3n) is 4.29. The molecule has 0 unspecified atom stereocenters. The van der Waals surface area contributed by atoms with E-state index in [0.717, 1.165) is 16.6 Å². The molecule has 19 heavy (non-hydrogen) atoms. The molecule has 5 heteroatoms. The molecule has 0 atom stereocenters. The highest BCUT2D eigenvalue weighted by Gasteiger charge is 2.47. The van der Waals surface area contributed by atoms with Crippen LogP contribution < -0.4 is 5.59 Å². The van der Waals surface area contributed by atoms with E-state index in [4.69, 9.17) is 9.31 Å². The molecule has 1 aliphatic rings. The Balaban J connectivity index is 1.91. The molecule has 1 fully saturated rings. The van der Waals surface area contributed by atoms with Crippen molar-refractivity contribution < 1.29 is 9.31 Å². The molecule has 0 bridgehead atoms. The van der Waals surface area contributed by atoms with Gasteiger partial charge in [0.25, 0.3) is 0 Å². The largest absolute Gasteiger partial charge is 0.511 e. The molecule has 1 aliphatic heterocycles. The van der Waals surface area contributed by atoms with Crippen LogP contribution in [0.1, 0.15) is 27.7 Å². The van der Waals surface area contributed by atoms with Crippen molar-refractivity contribution in [2.75, 3.05) is 6.61 Å². The molecule has 3 rings (SSSR count). The second-order valence-corrected chi connectivity index (χ2v) is 6.32. The molecule has 0 radical (unpaired) electrons. The van der Waals surface area contributed by atoms with Gasteiger partial charge in [0.15, 0.2) is 0 Å². The third-order valence-corrected chi connectivity index (χ3v) is 4.29. The van der Waals surface area contributed by atoms with Gasteiger partial charge in [-0.1, -0.05) is 13.8 Å². The Morgan fingerprint density at radius 3 is 2.79 bits per heavy atom. The highest BCUT2D eigenvalue weighted by molar-refractivity contribution is 6.61. The van der Waals surface area contributed by atoms with Gasteiger partial charge in [-0.3, -0.25) is 0 Å². The van der Waals surface area contributed by atoms with Gasteiger partial charge in [-0.15, -0.1) is 0 Å². The van der Waals surface area contributed by atoms with Gasteiger partial charge in [0.2, 0.25) is 0 Å². The molecule has 3 heterocycles. The molecule has 2 aromatic rings. The Labute approximate surface area is 113 Å². The monoisotopic (exact) mass is 258 g/mol. The van der Waals surface area contributed by atoms with Crippen molar-refractivity contribution >= 4 is 23.7 Å². The maximum absolute atomic E-state index is 6.12. The lowest BCUT2D eigenvalue weighted by Gasteiger charge is -2.47. The maximum atomic E-state index is 6.12. The van der Waals surface area contributed by atoms with Crippen LogP contribution in [0.2, 0.25) is 0 Å². The van der Waals surface area contributed by atoms with Crippen molar-refractivity contribution in [3.05, 3.63) is 24.4 Å². The van der Waals surface area contributed by atoms with E-state index in [-0.39, 0.29) is 18.1 Å².